The molecule has 3 nitrogen and oxygen atoms in total. The molecule has 0 aromatic carbocycles. The van der Waals surface area contributed by atoms with Gasteiger partial charge in [-0.1, -0.05) is 0 Å². The zero-order valence-corrected chi connectivity index (χ0v) is 4.56. The number of thiol groups is 1. The average Bonchev–Trinajstić information content (AvgIpc) is 2.17. The summed E-state index contributed by atoms with van der Waals surface area (Å²) < 4.78 is 23.6. The molecule has 4 heteroatoms. The van der Waals surface area contributed by atoms with Crippen molar-refractivity contribution in [2.75, 3.05) is 0 Å². The van der Waals surface area contributed by atoms with Crippen LogP contribution in [0.3, 0.4) is 0 Å². The van der Waals surface area contributed by atoms with Crippen molar-refractivity contribution < 1.29 is 12.6 Å². The highest BCUT2D eigenvalue weighted by atomic mass is 32.2. The van der Waals surface area contributed by atoms with E-state index in [-0.39, 0.29) is 6.10 Å². The standard InChI is InChI=1S/C3H6O3S/c4-7(5)6-3-1-2-3/h3,7H,1-2H2. The van der Waals surface area contributed by atoms with Crippen LogP contribution in [0.5, 0.6) is 0 Å². The molecule has 0 aromatic rings. The molecular weight excluding hydrogens is 116 g/mol. The zero-order valence-electron chi connectivity index (χ0n) is 3.66. The molecular formula is C3H6O3S. The second kappa shape index (κ2) is 1.79. The Bertz CT molecular complexity index is 116. The fraction of sp³-hybridized carbons (Fsp3) is 1.00. The smallest absolute Gasteiger partial charge is 0.257 e. The molecule has 0 aromatic heterocycles. The van der Waals surface area contributed by atoms with E-state index >= 15 is 0 Å². The third-order valence-electron chi connectivity index (χ3n) is 0.760. The van der Waals surface area contributed by atoms with Crippen LogP contribution >= 0.6 is 0 Å². The maximum absolute atomic E-state index is 9.66. The highest BCUT2D eigenvalue weighted by molar-refractivity contribution is 7.67. The van der Waals surface area contributed by atoms with Gasteiger partial charge < -0.3 is 0 Å². The largest absolute Gasteiger partial charge is 0.269 e. The quantitative estimate of drug-likeness (QED) is 0.511. The summed E-state index contributed by atoms with van der Waals surface area (Å²) in [7, 11) is -2.58. The molecule has 0 bridgehead atoms. The average molecular weight is 122 g/mol. The Morgan fingerprint density at radius 3 is 2.14 bits per heavy atom. The minimum absolute atomic E-state index is 0.0288. The first-order valence-corrected chi connectivity index (χ1v) is 3.20. The van der Waals surface area contributed by atoms with Gasteiger partial charge in [0.25, 0.3) is 11.0 Å². The summed E-state index contributed by atoms with van der Waals surface area (Å²) in [6.45, 7) is 0. The van der Waals surface area contributed by atoms with Gasteiger partial charge in [0.1, 0.15) is 0 Å². The lowest BCUT2D eigenvalue weighted by molar-refractivity contribution is 0.320. The van der Waals surface area contributed by atoms with Gasteiger partial charge in [0.05, 0.1) is 6.10 Å². The summed E-state index contributed by atoms with van der Waals surface area (Å²) in [6.07, 6.45) is 1.84. The van der Waals surface area contributed by atoms with Crippen LogP contribution in [-0.2, 0) is 15.2 Å². The van der Waals surface area contributed by atoms with Crippen molar-refractivity contribution in [2.45, 2.75) is 18.9 Å². The predicted molar refractivity (Wildman–Crippen MR) is 24.4 cm³/mol. The van der Waals surface area contributed by atoms with Crippen LogP contribution in [0.1, 0.15) is 12.8 Å². The van der Waals surface area contributed by atoms with E-state index in [2.05, 4.69) is 4.18 Å². The van der Waals surface area contributed by atoms with Crippen molar-refractivity contribution in [2.24, 2.45) is 0 Å². The minimum atomic E-state index is -2.58. The Hall–Kier alpha value is -0.0900. The van der Waals surface area contributed by atoms with Crippen molar-refractivity contribution in [3.05, 3.63) is 0 Å². The second-order valence-corrected chi connectivity index (χ2v) is 2.19. The number of rotatable bonds is 2. The molecule has 1 fully saturated rings. The molecule has 0 radical (unpaired) electrons. The molecule has 0 heterocycles. The molecule has 42 valence electrons. The van der Waals surface area contributed by atoms with E-state index in [1.807, 2.05) is 0 Å². The van der Waals surface area contributed by atoms with E-state index in [1.54, 1.807) is 0 Å². The molecule has 0 aliphatic heterocycles. The summed E-state index contributed by atoms with van der Waals surface area (Å²) in [4.78, 5) is 0. The van der Waals surface area contributed by atoms with Gasteiger partial charge in [-0.25, -0.2) is 8.42 Å². The normalized spacial score (nSPS) is 20.7. The molecule has 1 saturated carbocycles. The number of hydrogen-bond acceptors (Lipinski definition) is 3. The molecule has 0 unspecified atom stereocenters. The Balaban J connectivity index is 2.21. The topological polar surface area (TPSA) is 43.4 Å². The lowest BCUT2D eigenvalue weighted by Gasteiger charge is -1.81. The minimum Gasteiger partial charge on any atom is -0.269 e. The Kier molecular flexibility index (Phi) is 1.30. The Morgan fingerprint density at radius 2 is 2.00 bits per heavy atom. The first-order valence-electron chi connectivity index (χ1n) is 2.10. The molecule has 0 amide bonds. The lowest BCUT2D eigenvalue weighted by atomic mass is 10.9. The SMILES string of the molecule is O=[SH](=O)OC1CC1. The molecule has 0 spiro atoms. The monoisotopic (exact) mass is 122 g/mol. The highest BCUT2D eigenvalue weighted by Gasteiger charge is 2.22. The lowest BCUT2D eigenvalue weighted by Crippen LogP contribution is -1.88. The van der Waals surface area contributed by atoms with Gasteiger partial charge in [0, 0.05) is 0 Å². The van der Waals surface area contributed by atoms with Crippen molar-refractivity contribution in [1.82, 2.24) is 0 Å². The van der Waals surface area contributed by atoms with Gasteiger partial charge in [-0.2, -0.15) is 0 Å². The highest BCUT2D eigenvalue weighted by Crippen LogP contribution is 2.22. The van der Waals surface area contributed by atoms with Gasteiger partial charge in [0.15, 0.2) is 0 Å². The van der Waals surface area contributed by atoms with Crippen LogP contribution in [0.15, 0.2) is 0 Å². The van der Waals surface area contributed by atoms with Gasteiger partial charge in [-0.15, -0.1) is 0 Å². The molecule has 0 N–H and O–H groups in total. The van der Waals surface area contributed by atoms with Crippen molar-refractivity contribution >= 4 is 11.0 Å². The van der Waals surface area contributed by atoms with Gasteiger partial charge >= 0.3 is 0 Å². The fourth-order valence-corrected chi connectivity index (χ4v) is 0.749. The third kappa shape index (κ3) is 1.89. The zero-order chi connectivity index (χ0) is 5.28. The van der Waals surface area contributed by atoms with Crippen LogP contribution in [-0.4, -0.2) is 14.5 Å². The van der Waals surface area contributed by atoms with Crippen LogP contribution in [0, 0.1) is 0 Å². The summed E-state index contributed by atoms with van der Waals surface area (Å²) >= 11 is 0. The summed E-state index contributed by atoms with van der Waals surface area (Å²) in [5.41, 5.74) is 0. The number of hydrogen-bond donors (Lipinski definition) is 1. The van der Waals surface area contributed by atoms with Gasteiger partial charge in [-0.3, -0.25) is 4.18 Å². The second-order valence-electron chi connectivity index (χ2n) is 1.53. The molecule has 1 aliphatic rings. The van der Waals surface area contributed by atoms with Crippen LogP contribution < -0.4 is 0 Å². The van der Waals surface area contributed by atoms with Gasteiger partial charge in [-0.05, 0) is 12.8 Å². The van der Waals surface area contributed by atoms with E-state index in [0.717, 1.165) is 12.8 Å². The third-order valence-corrected chi connectivity index (χ3v) is 1.23. The summed E-state index contributed by atoms with van der Waals surface area (Å²) in [5, 5.41) is 0. The van der Waals surface area contributed by atoms with E-state index in [0.29, 0.717) is 0 Å². The van der Waals surface area contributed by atoms with Crippen LogP contribution in [0.2, 0.25) is 0 Å². The van der Waals surface area contributed by atoms with E-state index in [4.69, 9.17) is 0 Å². The van der Waals surface area contributed by atoms with E-state index in [1.165, 1.54) is 0 Å². The molecule has 0 atom stereocenters. The first-order chi connectivity index (χ1) is 3.29. The predicted octanol–water partition coefficient (Wildman–Crippen LogP) is -0.308. The van der Waals surface area contributed by atoms with E-state index < -0.39 is 11.0 Å². The summed E-state index contributed by atoms with van der Waals surface area (Å²) in [5.74, 6) is 0. The van der Waals surface area contributed by atoms with Crippen molar-refractivity contribution in [3.8, 4) is 0 Å². The van der Waals surface area contributed by atoms with Crippen molar-refractivity contribution in [1.29, 1.82) is 0 Å². The Morgan fingerprint density at radius 1 is 1.43 bits per heavy atom. The van der Waals surface area contributed by atoms with Gasteiger partial charge in [0.2, 0.25) is 0 Å². The summed E-state index contributed by atoms with van der Waals surface area (Å²) in [6, 6.07) is 0. The van der Waals surface area contributed by atoms with E-state index in [9.17, 15) is 8.42 Å². The van der Waals surface area contributed by atoms with Crippen LogP contribution in [0.4, 0.5) is 0 Å². The molecule has 7 heavy (non-hydrogen) atoms. The molecule has 1 aliphatic carbocycles. The first kappa shape index (κ1) is 5.05. The van der Waals surface area contributed by atoms with Crippen molar-refractivity contribution in [3.63, 3.8) is 0 Å². The van der Waals surface area contributed by atoms with Crippen LogP contribution in [0.25, 0.3) is 0 Å². The maximum atomic E-state index is 9.66. The Labute approximate surface area is 43.4 Å². The molecule has 0 saturated heterocycles. The fourth-order valence-electron chi connectivity index (χ4n) is 0.295. The molecule has 1 rings (SSSR count). The maximum Gasteiger partial charge on any atom is 0.257 e.